The van der Waals surface area contributed by atoms with Gasteiger partial charge in [-0.15, -0.1) is 0 Å². The molecule has 0 radical (unpaired) electrons. The molecule has 1 heterocycles. The van der Waals surface area contributed by atoms with Crippen LogP contribution in [0.1, 0.15) is 45.1 Å². The summed E-state index contributed by atoms with van der Waals surface area (Å²) in [5, 5.41) is 5.98. The van der Waals surface area contributed by atoms with Gasteiger partial charge in [0.05, 0.1) is 12.6 Å². The Hall–Kier alpha value is -1.95. The maximum absolute atomic E-state index is 13.3. The second-order valence-electron chi connectivity index (χ2n) is 8.22. The molecule has 0 aromatic heterocycles. The molecule has 3 rings (SSSR count). The highest BCUT2D eigenvalue weighted by atomic mass is 19.1. The summed E-state index contributed by atoms with van der Waals surface area (Å²) >= 11 is 0. The van der Waals surface area contributed by atoms with E-state index >= 15 is 0 Å². The standard InChI is InChI=1S/C21H30FN3O2/c1-15(2)19-20(27)23-11-12-25(19)13-18(26)24-14-21(9-3-4-10-21)16-5-7-17(22)8-6-16/h5-8,15,19H,3-4,9-14H2,1-2H3,(H,23,27)(H,24,26). The summed E-state index contributed by atoms with van der Waals surface area (Å²) in [6, 6.07) is 6.42. The maximum Gasteiger partial charge on any atom is 0.237 e. The van der Waals surface area contributed by atoms with Crippen LogP contribution in [0.5, 0.6) is 0 Å². The van der Waals surface area contributed by atoms with Gasteiger partial charge in [-0.25, -0.2) is 4.39 Å². The van der Waals surface area contributed by atoms with Crippen molar-refractivity contribution in [1.29, 1.82) is 0 Å². The molecule has 2 N–H and O–H groups in total. The molecule has 1 aromatic carbocycles. The Labute approximate surface area is 160 Å². The molecule has 2 fully saturated rings. The minimum absolute atomic E-state index is 0.00243. The monoisotopic (exact) mass is 375 g/mol. The summed E-state index contributed by atoms with van der Waals surface area (Å²) in [5.41, 5.74) is 0.985. The number of hydrogen-bond donors (Lipinski definition) is 2. The molecule has 1 aromatic rings. The summed E-state index contributed by atoms with van der Waals surface area (Å²) in [4.78, 5) is 26.7. The van der Waals surface area contributed by atoms with E-state index in [4.69, 9.17) is 0 Å². The van der Waals surface area contributed by atoms with Crippen molar-refractivity contribution in [2.75, 3.05) is 26.2 Å². The third kappa shape index (κ3) is 4.49. The molecule has 27 heavy (non-hydrogen) atoms. The first-order valence-electron chi connectivity index (χ1n) is 9.96. The van der Waals surface area contributed by atoms with Crippen LogP contribution in [0.15, 0.2) is 24.3 Å². The lowest BCUT2D eigenvalue weighted by atomic mass is 9.79. The fraction of sp³-hybridized carbons (Fsp3) is 0.619. The van der Waals surface area contributed by atoms with Crippen molar-refractivity contribution in [2.45, 2.75) is 51.0 Å². The summed E-state index contributed by atoms with van der Waals surface area (Å²) in [6.07, 6.45) is 4.24. The molecule has 0 bridgehead atoms. The zero-order chi connectivity index (χ0) is 19.4. The molecule has 1 saturated carbocycles. The van der Waals surface area contributed by atoms with Crippen molar-refractivity contribution in [2.24, 2.45) is 5.92 Å². The van der Waals surface area contributed by atoms with Gasteiger partial charge in [0.1, 0.15) is 5.82 Å². The Morgan fingerprint density at radius 1 is 1.30 bits per heavy atom. The van der Waals surface area contributed by atoms with Crippen molar-refractivity contribution in [1.82, 2.24) is 15.5 Å². The number of nitrogens with one attached hydrogen (secondary N) is 2. The maximum atomic E-state index is 13.3. The summed E-state index contributed by atoms with van der Waals surface area (Å²) < 4.78 is 13.3. The van der Waals surface area contributed by atoms with E-state index in [2.05, 4.69) is 10.6 Å². The zero-order valence-electron chi connectivity index (χ0n) is 16.3. The van der Waals surface area contributed by atoms with Crippen LogP contribution in [0.2, 0.25) is 0 Å². The smallest absolute Gasteiger partial charge is 0.237 e. The van der Waals surface area contributed by atoms with E-state index < -0.39 is 0 Å². The quantitative estimate of drug-likeness (QED) is 0.801. The largest absolute Gasteiger partial charge is 0.354 e. The lowest BCUT2D eigenvalue weighted by Gasteiger charge is -2.37. The molecule has 1 atom stereocenters. The molecule has 0 spiro atoms. The van der Waals surface area contributed by atoms with Gasteiger partial charge < -0.3 is 10.6 Å². The first-order chi connectivity index (χ1) is 12.9. The zero-order valence-corrected chi connectivity index (χ0v) is 16.3. The van der Waals surface area contributed by atoms with Crippen molar-refractivity contribution in [3.63, 3.8) is 0 Å². The minimum atomic E-state index is -0.262. The van der Waals surface area contributed by atoms with Gasteiger partial charge in [-0.3, -0.25) is 14.5 Å². The van der Waals surface area contributed by atoms with Crippen molar-refractivity contribution in [3.8, 4) is 0 Å². The normalized spacial score (nSPS) is 22.7. The highest BCUT2D eigenvalue weighted by molar-refractivity contribution is 5.84. The minimum Gasteiger partial charge on any atom is -0.354 e. The molecule has 5 nitrogen and oxygen atoms in total. The van der Waals surface area contributed by atoms with Crippen LogP contribution in [0.4, 0.5) is 4.39 Å². The third-order valence-electron chi connectivity index (χ3n) is 5.98. The summed E-state index contributed by atoms with van der Waals surface area (Å²) in [6.45, 7) is 6.06. The average Bonchev–Trinajstić information content (AvgIpc) is 3.10. The van der Waals surface area contributed by atoms with Gasteiger partial charge in [-0.05, 0) is 36.5 Å². The van der Waals surface area contributed by atoms with E-state index in [-0.39, 0.29) is 41.6 Å². The van der Waals surface area contributed by atoms with Crippen LogP contribution < -0.4 is 10.6 Å². The predicted octanol–water partition coefficient (Wildman–Crippen LogP) is 2.21. The molecule has 1 unspecified atom stereocenters. The van der Waals surface area contributed by atoms with Gasteiger partial charge in [0.2, 0.25) is 11.8 Å². The number of rotatable bonds is 6. The number of nitrogens with zero attached hydrogens (tertiary/aromatic N) is 1. The van der Waals surface area contributed by atoms with E-state index in [9.17, 15) is 14.0 Å². The molecule has 6 heteroatoms. The average molecular weight is 375 g/mol. The Balaban J connectivity index is 1.63. The van der Waals surface area contributed by atoms with Crippen molar-refractivity contribution < 1.29 is 14.0 Å². The number of piperazine rings is 1. The van der Waals surface area contributed by atoms with E-state index in [0.29, 0.717) is 19.6 Å². The Kier molecular flexibility index (Phi) is 6.15. The first kappa shape index (κ1) is 19.8. The Bertz CT molecular complexity index is 669. The van der Waals surface area contributed by atoms with E-state index in [1.165, 1.54) is 12.1 Å². The van der Waals surface area contributed by atoms with E-state index in [1.54, 1.807) is 0 Å². The first-order valence-corrected chi connectivity index (χ1v) is 9.96. The highest BCUT2D eigenvalue weighted by Crippen LogP contribution is 2.40. The van der Waals surface area contributed by atoms with Crippen LogP contribution in [-0.4, -0.2) is 48.9 Å². The molecule has 1 aliphatic heterocycles. The van der Waals surface area contributed by atoms with Gasteiger partial charge in [0.25, 0.3) is 0 Å². The van der Waals surface area contributed by atoms with Crippen molar-refractivity contribution >= 4 is 11.8 Å². The highest BCUT2D eigenvalue weighted by Gasteiger charge is 2.37. The van der Waals surface area contributed by atoms with Crippen LogP contribution in [0.25, 0.3) is 0 Å². The van der Waals surface area contributed by atoms with Gasteiger partial charge in [-0.2, -0.15) is 0 Å². The second kappa shape index (κ2) is 8.38. The number of amides is 2. The molecule has 2 aliphatic rings. The van der Waals surface area contributed by atoms with Gasteiger partial charge in [0, 0.05) is 25.0 Å². The van der Waals surface area contributed by atoms with Crippen molar-refractivity contribution in [3.05, 3.63) is 35.6 Å². The lowest BCUT2D eigenvalue weighted by Crippen LogP contribution is -2.59. The van der Waals surface area contributed by atoms with Crippen LogP contribution in [-0.2, 0) is 15.0 Å². The molecule has 1 saturated heterocycles. The second-order valence-corrected chi connectivity index (χ2v) is 8.22. The van der Waals surface area contributed by atoms with E-state index in [1.807, 2.05) is 30.9 Å². The van der Waals surface area contributed by atoms with Crippen LogP contribution in [0, 0.1) is 11.7 Å². The predicted molar refractivity (Wildman–Crippen MR) is 103 cm³/mol. The fourth-order valence-electron chi connectivity index (χ4n) is 4.56. The summed E-state index contributed by atoms with van der Waals surface area (Å²) in [7, 11) is 0. The Morgan fingerprint density at radius 3 is 2.59 bits per heavy atom. The SMILES string of the molecule is CC(C)C1C(=O)NCCN1CC(=O)NCC1(c2ccc(F)cc2)CCCC1. The lowest BCUT2D eigenvalue weighted by molar-refractivity contribution is -0.133. The number of carbonyl (C=O) groups excluding carboxylic acids is 2. The van der Waals surface area contributed by atoms with Gasteiger partial charge >= 0.3 is 0 Å². The van der Waals surface area contributed by atoms with Gasteiger partial charge in [-0.1, -0.05) is 38.8 Å². The molecular weight excluding hydrogens is 345 g/mol. The Morgan fingerprint density at radius 2 is 1.96 bits per heavy atom. The third-order valence-corrected chi connectivity index (χ3v) is 5.98. The van der Waals surface area contributed by atoms with Gasteiger partial charge in [0.15, 0.2) is 0 Å². The molecule has 1 aliphatic carbocycles. The van der Waals surface area contributed by atoms with Crippen LogP contribution >= 0.6 is 0 Å². The number of benzene rings is 1. The van der Waals surface area contributed by atoms with E-state index in [0.717, 1.165) is 31.2 Å². The number of hydrogen-bond acceptors (Lipinski definition) is 3. The molecule has 2 amide bonds. The number of carbonyl (C=O) groups is 2. The number of halogens is 1. The topological polar surface area (TPSA) is 61.4 Å². The summed E-state index contributed by atoms with van der Waals surface area (Å²) in [5.74, 6) is -0.135. The molecular formula is C21H30FN3O2. The van der Waals surface area contributed by atoms with Crippen LogP contribution in [0.3, 0.4) is 0 Å². The molecule has 148 valence electrons. The fourth-order valence-corrected chi connectivity index (χ4v) is 4.56.